The first-order valence-electron chi connectivity index (χ1n) is 6.19. The summed E-state index contributed by atoms with van der Waals surface area (Å²) in [4.78, 5) is 11.5. The van der Waals surface area contributed by atoms with E-state index in [2.05, 4.69) is 12.2 Å². The molecule has 0 aliphatic heterocycles. The van der Waals surface area contributed by atoms with Crippen molar-refractivity contribution >= 4 is 5.91 Å². The Hall–Kier alpha value is -0.570. The summed E-state index contributed by atoms with van der Waals surface area (Å²) in [5.74, 6) is 0.197. The van der Waals surface area contributed by atoms with E-state index < -0.39 is 0 Å². The van der Waals surface area contributed by atoms with Gasteiger partial charge in [0, 0.05) is 13.0 Å². The maximum absolute atomic E-state index is 11.5. The van der Waals surface area contributed by atoms with E-state index in [9.17, 15) is 4.79 Å². The monoisotopic (exact) mass is 212 g/mol. The molecule has 0 heterocycles. The van der Waals surface area contributed by atoms with Crippen LogP contribution in [0, 0.1) is 5.41 Å². The van der Waals surface area contributed by atoms with Gasteiger partial charge in [-0.2, -0.15) is 0 Å². The second-order valence-electron chi connectivity index (χ2n) is 4.73. The van der Waals surface area contributed by atoms with E-state index in [1.165, 1.54) is 25.7 Å². The predicted octanol–water partition coefficient (Wildman–Crippen LogP) is 1.81. The van der Waals surface area contributed by atoms with Crippen LogP contribution in [0.15, 0.2) is 0 Å². The van der Waals surface area contributed by atoms with Crippen molar-refractivity contribution in [2.45, 2.75) is 51.9 Å². The second-order valence-corrected chi connectivity index (χ2v) is 4.73. The van der Waals surface area contributed by atoms with Crippen molar-refractivity contribution in [3.05, 3.63) is 0 Å². The molecule has 1 saturated carbocycles. The van der Waals surface area contributed by atoms with Gasteiger partial charge in [-0.15, -0.1) is 0 Å². The number of rotatable bonds is 7. The topological polar surface area (TPSA) is 55.1 Å². The van der Waals surface area contributed by atoms with E-state index in [1.54, 1.807) is 0 Å². The van der Waals surface area contributed by atoms with E-state index in [0.29, 0.717) is 18.4 Å². The lowest BCUT2D eigenvalue weighted by molar-refractivity contribution is -0.122. The number of nitrogens with one attached hydrogen (secondary N) is 1. The van der Waals surface area contributed by atoms with Crippen LogP contribution in [0.25, 0.3) is 0 Å². The van der Waals surface area contributed by atoms with Crippen LogP contribution in [-0.4, -0.2) is 19.0 Å². The molecule has 0 bridgehead atoms. The Labute approximate surface area is 92.8 Å². The normalized spacial score (nSPS) is 18.3. The highest BCUT2D eigenvalue weighted by molar-refractivity contribution is 5.75. The maximum Gasteiger partial charge on any atom is 0.220 e. The quantitative estimate of drug-likeness (QED) is 0.632. The highest BCUT2D eigenvalue weighted by atomic mass is 16.1. The van der Waals surface area contributed by atoms with E-state index in [1.807, 2.05) is 0 Å². The Bertz CT molecular complexity index is 194. The smallest absolute Gasteiger partial charge is 0.220 e. The molecule has 0 aromatic carbocycles. The molecule has 0 radical (unpaired) electrons. The second kappa shape index (κ2) is 6.11. The van der Waals surface area contributed by atoms with Gasteiger partial charge >= 0.3 is 0 Å². The fraction of sp³-hybridized carbons (Fsp3) is 0.917. The van der Waals surface area contributed by atoms with Gasteiger partial charge in [-0.1, -0.05) is 13.3 Å². The van der Waals surface area contributed by atoms with E-state index in [-0.39, 0.29) is 5.91 Å². The van der Waals surface area contributed by atoms with Gasteiger partial charge in [-0.25, -0.2) is 0 Å². The SMILES string of the molecule is CCC1(CNC(=O)CCCCN)CCC1. The average molecular weight is 212 g/mol. The van der Waals surface area contributed by atoms with Crippen LogP contribution in [0.5, 0.6) is 0 Å². The van der Waals surface area contributed by atoms with Crippen molar-refractivity contribution in [3.8, 4) is 0 Å². The van der Waals surface area contributed by atoms with Gasteiger partial charge in [0.1, 0.15) is 0 Å². The Balaban J connectivity index is 2.10. The Morgan fingerprint density at radius 1 is 1.40 bits per heavy atom. The van der Waals surface area contributed by atoms with Crippen LogP contribution in [-0.2, 0) is 4.79 Å². The molecule has 0 saturated heterocycles. The summed E-state index contributed by atoms with van der Waals surface area (Å²) in [6.45, 7) is 3.79. The van der Waals surface area contributed by atoms with Gasteiger partial charge in [0.2, 0.25) is 5.91 Å². The number of carbonyl (C=O) groups excluding carboxylic acids is 1. The molecule has 3 heteroatoms. The molecule has 1 amide bonds. The molecule has 1 aliphatic rings. The maximum atomic E-state index is 11.5. The van der Waals surface area contributed by atoms with Crippen LogP contribution in [0.4, 0.5) is 0 Å². The van der Waals surface area contributed by atoms with Gasteiger partial charge in [-0.05, 0) is 44.1 Å². The number of carbonyl (C=O) groups is 1. The first-order valence-corrected chi connectivity index (χ1v) is 6.19. The number of nitrogens with two attached hydrogens (primary N) is 1. The predicted molar refractivity (Wildman–Crippen MR) is 62.5 cm³/mol. The average Bonchev–Trinajstić information content (AvgIpc) is 2.17. The standard InChI is InChI=1S/C12H24N2O/c1-2-12(7-5-8-12)10-14-11(15)6-3-4-9-13/h2-10,13H2,1H3,(H,14,15). The molecule has 1 fully saturated rings. The molecule has 3 N–H and O–H groups in total. The van der Waals surface area contributed by atoms with Crippen molar-refractivity contribution in [2.75, 3.05) is 13.1 Å². The molecule has 1 rings (SSSR count). The summed E-state index contributed by atoms with van der Waals surface area (Å²) in [5, 5.41) is 3.06. The largest absolute Gasteiger partial charge is 0.356 e. The van der Waals surface area contributed by atoms with Crippen molar-refractivity contribution in [1.29, 1.82) is 0 Å². The third-order valence-electron chi connectivity index (χ3n) is 3.68. The van der Waals surface area contributed by atoms with Gasteiger partial charge in [0.15, 0.2) is 0 Å². The first kappa shape index (κ1) is 12.5. The minimum Gasteiger partial charge on any atom is -0.356 e. The summed E-state index contributed by atoms with van der Waals surface area (Å²) >= 11 is 0. The highest BCUT2D eigenvalue weighted by Crippen LogP contribution is 2.42. The summed E-state index contributed by atoms with van der Waals surface area (Å²) < 4.78 is 0. The molecule has 1 aliphatic carbocycles. The van der Waals surface area contributed by atoms with Crippen molar-refractivity contribution < 1.29 is 4.79 Å². The third kappa shape index (κ3) is 3.82. The number of hydrogen-bond acceptors (Lipinski definition) is 2. The zero-order chi connectivity index (χ0) is 11.1. The molecular formula is C12H24N2O. The van der Waals surface area contributed by atoms with Gasteiger partial charge in [0.25, 0.3) is 0 Å². The van der Waals surface area contributed by atoms with E-state index in [4.69, 9.17) is 5.73 Å². The summed E-state index contributed by atoms with van der Waals surface area (Å²) in [7, 11) is 0. The number of unbranched alkanes of at least 4 members (excludes halogenated alkanes) is 1. The lowest BCUT2D eigenvalue weighted by atomic mass is 9.67. The molecule has 0 spiro atoms. The fourth-order valence-corrected chi connectivity index (χ4v) is 2.14. The molecule has 0 unspecified atom stereocenters. The number of hydrogen-bond donors (Lipinski definition) is 2. The molecule has 88 valence electrons. The molecule has 0 atom stereocenters. The van der Waals surface area contributed by atoms with Gasteiger partial charge < -0.3 is 11.1 Å². The zero-order valence-electron chi connectivity index (χ0n) is 9.85. The third-order valence-corrected chi connectivity index (χ3v) is 3.68. The Morgan fingerprint density at radius 2 is 2.13 bits per heavy atom. The minimum absolute atomic E-state index is 0.197. The fourth-order valence-electron chi connectivity index (χ4n) is 2.14. The first-order chi connectivity index (χ1) is 7.22. The number of amides is 1. The van der Waals surface area contributed by atoms with Gasteiger partial charge in [-0.3, -0.25) is 4.79 Å². The van der Waals surface area contributed by atoms with Crippen molar-refractivity contribution in [1.82, 2.24) is 5.32 Å². The van der Waals surface area contributed by atoms with E-state index in [0.717, 1.165) is 19.4 Å². The molecule has 0 aromatic rings. The van der Waals surface area contributed by atoms with Gasteiger partial charge in [0.05, 0.1) is 0 Å². The van der Waals surface area contributed by atoms with Crippen LogP contribution in [0.1, 0.15) is 51.9 Å². The molecular weight excluding hydrogens is 188 g/mol. The molecule has 3 nitrogen and oxygen atoms in total. The van der Waals surface area contributed by atoms with Crippen LogP contribution >= 0.6 is 0 Å². The Kier molecular flexibility index (Phi) is 5.09. The van der Waals surface area contributed by atoms with Crippen molar-refractivity contribution in [2.24, 2.45) is 11.1 Å². The van der Waals surface area contributed by atoms with Crippen molar-refractivity contribution in [3.63, 3.8) is 0 Å². The lowest BCUT2D eigenvalue weighted by Crippen LogP contribution is -2.41. The van der Waals surface area contributed by atoms with Crippen LogP contribution in [0.3, 0.4) is 0 Å². The lowest BCUT2D eigenvalue weighted by Gasteiger charge is -2.41. The Morgan fingerprint density at radius 3 is 2.60 bits per heavy atom. The zero-order valence-corrected chi connectivity index (χ0v) is 9.85. The minimum atomic E-state index is 0.197. The summed E-state index contributed by atoms with van der Waals surface area (Å²) in [6.07, 6.45) is 7.59. The van der Waals surface area contributed by atoms with E-state index >= 15 is 0 Å². The molecule has 15 heavy (non-hydrogen) atoms. The van der Waals surface area contributed by atoms with Crippen LogP contribution < -0.4 is 11.1 Å². The summed E-state index contributed by atoms with van der Waals surface area (Å²) in [6, 6.07) is 0. The summed E-state index contributed by atoms with van der Waals surface area (Å²) in [5.41, 5.74) is 5.81. The van der Waals surface area contributed by atoms with Crippen LogP contribution in [0.2, 0.25) is 0 Å². The molecule has 0 aromatic heterocycles. The highest BCUT2D eigenvalue weighted by Gasteiger charge is 2.34.